The van der Waals surface area contributed by atoms with Gasteiger partial charge >= 0.3 is 0 Å². The molecule has 2 heterocycles. The van der Waals surface area contributed by atoms with Crippen molar-refractivity contribution in [1.29, 1.82) is 0 Å². The number of nitrogens with zero attached hydrogens (tertiary/aromatic N) is 1. The molecule has 5 nitrogen and oxygen atoms in total. The monoisotopic (exact) mass is 429 g/mol. The van der Waals surface area contributed by atoms with Crippen LogP contribution in [0.4, 0.5) is 5.69 Å². The minimum Gasteiger partial charge on any atom is -0.325 e. The van der Waals surface area contributed by atoms with Crippen LogP contribution < -0.4 is 16.2 Å². The van der Waals surface area contributed by atoms with E-state index in [1.807, 2.05) is 6.07 Å². The van der Waals surface area contributed by atoms with Crippen molar-refractivity contribution < 1.29 is 4.79 Å². The highest BCUT2D eigenvalue weighted by Gasteiger charge is 2.16. The Morgan fingerprint density at radius 3 is 2.76 bits per heavy atom. The summed E-state index contributed by atoms with van der Waals surface area (Å²) in [5.74, 6) is -0.185. The molecule has 0 radical (unpaired) electrons. The zero-order valence-electron chi connectivity index (χ0n) is 15.8. The lowest BCUT2D eigenvalue weighted by molar-refractivity contribution is -0.115. The van der Waals surface area contributed by atoms with E-state index in [1.54, 1.807) is 47.2 Å². The minimum absolute atomic E-state index is 0.0446. The van der Waals surface area contributed by atoms with E-state index in [-0.39, 0.29) is 17.9 Å². The van der Waals surface area contributed by atoms with Crippen molar-refractivity contribution in [2.75, 3.05) is 11.9 Å². The van der Waals surface area contributed by atoms with Crippen LogP contribution in [0.3, 0.4) is 0 Å². The van der Waals surface area contributed by atoms with Crippen molar-refractivity contribution in [2.24, 2.45) is 0 Å². The summed E-state index contributed by atoms with van der Waals surface area (Å²) in [4.78, 5) is 25.4. The third-order valence-corrected chi connectivity index (χ3v) is 5.96. The SMILES string of the molecule is O=C(Cc1ccc(Cl)c(Cl)c1)Nc1cccc2c(=O)n(C[C@H]3CCCN3)ccc12. The van der Waals surface area contributed by atoms with Gasteiger partial charge in [-0.15, -0.1) is 0 Å². The van der Waals surface area contributed by atoms with Gasteiger partial charge < -0.3 is 15.2 Å². The van der Waals surface area contributed by atoms with Gasteiger partial charge in [-0.1, -0.05) is 35.3 Å². The second-order valence-corrected chi connectivity index (χ2v) is 8.12. The van der Waals surface area contributed by atoms with Crippen LogP contribution in [-0.4, -0.2) is 23.1 Å². The van der Waals surface area contributed by atoms with Crippen LogP contribution in [0.5, 0.6) is 0 Å². The molecule has 0 bridgehead atoms. The highest BCUT2D eigenvalue weighted by molar-refractivity contribution is 6.42. The van der Waals surface area contributed by atoms with Gasteiger partial charge in [0.05, 0.1) is 16.5 Å². The van der Waals surface area contributed by atoms with Gasteiger partial charge in [0.2, 0.25) is 5.91 Å². The number of carbonyl (C=O) groups is 1. The van der Waals surface area contributed by atoms with Gasteiger partial charge in [-0.05, 0) is 55.3 Å². The van der Waals surface area contributed by atoms with Gasteiger partial charge in [-0.3, -0.25) is 9.59 Å². The second kappa shape index (κ2) is 8.57. The normalized spacial score (nSPS) is 16.3. The average Bonchev–Trinajstić information content (AvgIpc) is 3.20. The molecule has 1 aliphatic heterocycles. The topological polar surface area (TPSA) is 63.1 Å². The first-order chi connectivity index (χ1) is 14.0. The Hall–Kier alpha value is -2.34. The molecule has 1 saturated heterocycles. The summed E-state index contributed by atoms with van der Waals surface area (Å²) in [5, 5.41) is 8.52. The van der Waals surface area contributed by atoms with Crippen molar-refractivity contribution in [2.45, 2.75) is 31.8 Å². The number of pyridine rings is 1. The molecule has 1 atom stereocenters. The Bertz CT molecular complexity index is 1120. The summed E-state index contributed by atoms with van der Waals surface area (Å²) >= 11 is 11.9. The lowest BCUT2D eigenvalue weighted by Gasteiger charge is -2.14. The average molecular weight is 430 g/mol. The number of anilines is 1. The number of rotatable bonds is 5. The molecule has 150 valence electrons. The third-order valence-electron chi connectivity index (χ3n) is 5.22. The largest absolute Gasteiger partial charge is 0.325 e. The molecule has 2 aromatic carbocycles. The Labute approximate surface area is 178 Å². The molecular formula is C22H21Cl2N3O2. The van der Waals surface area contributed by atoms with Gasteiger partial charge in [-0.25, -0.2) is 0 Å². The summed E-state index contributed by atoms with van der Waals surface area (Å²) in [6.45, 7) is 1.66. The van der Waals surface area contributed by atoms with Gasteiger partial charge in [-0.2, -0.15) is 0 Å². The molecule has 1 amide bonds. The van der Waals surface area contributed by atoms with Crippen LogP contribution in [0.25, 0.3) is 10.8 Å². The van der Waals surface area contributed by atoms with Crippen LogP contribution in [0.1, 0.15) is 18.4 Å². The molecule has 0 aliphatic carbocycles. The Morgan fingerprint density at radius 2 is 2.00 bits per heavy atom. The fraction of sp³-hybridized carbons (Fsp3) is 0.273. The van der Waals surface area contributed by atoms with Crippen molar-refractivity contribution >= 4 is 45.6 Å². The van der Waals surface area contributed by atoms with E-state index >= 15 is 0 Å². The molecule has 0 unspecified atom stereocenters. The first-order valence-corrected chi connectivity index (χ1v) is 10.4. The van der Waals surface area contributed by atoms with E-state index in [9.17, 15) is 9.59 Å². The van der Waals surface area contributed by atoms with Crippen LogP contribution in [-0.2, 0) is 17.8 Å². The lowest BCUT2D eigenvalue weighted by atomic mass is 10.1. The quantitative estimate of drug-likeness (QED) is 0.637. The molecule has 1 aliphatic rings. The number of aromatic nitrogens is 1. The first kappa shape index (κ1) is 20.0. The minimum atomic E-state index is -0.185. The van der Waals surface area contributed by atoms with Crippen LogP contribution >= 0.6 is 23.2 Å². The number of carbonyl (C=O) groups excluding carboxylic acids is 1. The molecule has 4 rings (SSSR count). The summed E-state index contributed by atoms with van der Waals surface area (Å²) in [6.07, 6.45) is 4.19. The Morgan fingerprint density at radius 1 is 1.14 bits per heavy atom. The van der Waals surface area contributed by atoms with Crippen molar-refractivity contribution in [3.8, 4) is 0 Å². The first-order valence-electron chi connectivity index (χ1n) is 9.60. The summed E-state index contributed by atoms with van der Waals surface area (Å²) < 4.78 is 1.74. The van der Waals surface area contributed by atoms with E-state index < -0.39 is 0 Å². The van der Waals surface area contributed by atoms with Crippen LogP contribution in [0, 0.1) is 0 Å². The number of benzene rings is 2. The number of amides is 1. The highest BCUT2D eigenvalue weighted by atomic mass is 35.5. The zero-order valence-corrected chi connectivity index (χ0v) is 17.3. The molecule has 3 aromatic rings. The van der Waals surface area contributed by atoms with Gasteiger partial charge in [0.1, 0.15) is 0 Å². The molecular weight excluding hydrogens is 409 g/mol. The number of halogens is 2. The molecule has 1 fully saturated rings. The van der Waals surface area contributed by atoms with E-state index in [1.165, 1.54) is 0 Å². The smallest absolute Gasteiger partial charge is 0.258 e. The van der Waals surface area contributed by atoms with Gasteiger partial charge in [0.25, 0.3) is 5.56 Å². The zero-order chi connectivity index (χ0) is 20.4. The standard InChI is InChI=1S/C22H21Cl2N3O2/c23-18-7-6-14(11-19(18)24)12-21(28)26-20-5-1-4-17-16(20)8-10-27(22(17)29)13-15-3-2-9-25-15/h1,4-8,10-11,15,25H,2-3,9,12-13H2,(H,26,28)/t15-/m1/s1. The number of hydrogen-bond acceptors (Lipinski definition) is 3. The summed E-state index contributed by atoms with van der Waals surface area (Å²) in [6, 6.07) is 12.7. The number of fused-ring (bicyclic) bond motifs is 1. The molecule has 7 heteroatoms. The fourth-order valence-electron chi connectivity index (χ4n) is 3.75. The van der Waals surface area contributed by atoms with Crippen molar-refractivity contribution in [3.05, 3.63) is 74.6 Å². The molecule has 0 saturated carbocycles. The van der Waals surface area contributed by atoms with Crippen LogP contribution in [0.15, 0.2) is 53.5 Å². The number of hydrogen-bond donors (Lipinski definition) is 2. The summed E-state index contributed by atoms with van der Waals surface area (Å²) in [7, 11) is 0. The highest BCUT2D eigenvalue weighted by Crippen LogP contribution is 2.24. The maximum Gasteiger partial charge on any atom is 0.258 e. The van der Waals surface area contributed by atoms with E-state index in [4.69, 9.17) is 23.2 Å². The Balaban J connectivity index is 1.55. The van der Waals surface area contributed by atoms with E-state index in [2.05, 4.69) is 10.6 Å². The van der Waals surface area contributed by atoms with E-state index in [0.29, 0.717) is 33.7 Å². The van der Waals surface area contributed by atoms with Crippen molar-refractivity contribution in [1.82, 2.24) is 9.88 Å². The summed E-state index contributed by atoms with van der Waals surface area (Å²) in [5.41, 5.74) is 1.34. The maximum atomic E-state index is 12.9. The molecule has 1 aromatic heterocycles. The third kappa shape index (κ3) is 4.47. The number of nitrogens with one attached hydrogen (secondary N) is 2. The lowest BCUT2D eigenvalue weighted by Crippen LogP contribution is -2.32. The predicted octanol–water partition coefficient (Wildman–Crippen LogP) is 4.24. The second-order valence-electron chi connectivity index (χ2n) is 7.31. The fourth-order valence-corrected chi connectivity index (χ4v) is 4.07. The predicted molar refractivity (Wildman–Crippen MR) is 118 cm³/mol. The van der Waals surface area contributed by atoms with Crippen LogP contribution in [0.2, 0.25) is 10.0 Å². The van der Waals surface area contributed by atoms with E-state index in [0.717, 1.165) is 30.3 Å². The van der Waals surface area contributed by atoms with Gasteiger partial charge in [0.15, 0.2) is 0 Å². The maximum absolute atomic E-state index is 12.9. The molecule has 0 spiro atoms. The molecule has 29 heavy (non-hydrogen) atoms. The van der Waals surface area contributed by atoms with Gasteiger partial charge in [0, 0.05) is 35.2 Å². The molecule has 2 N–H and O–H groups in total. The van der Waals surface area contributed by atoms with Crippen molar-refractivity contribution in [3.63, 3.8) is 0 Å². The Kier molecular flexibility index (Phi) is 5.90.